The van der Waals surface area contributed by atoms with Crippen LogP contribution in [-0.2, 0) is 4.74 Å². The molecule has 0 aromatic heterocycles. The first-order chi connectivity index (χ1) is 9.02. The standard InChI is InChI=1S/C14H19NO4/c1-9-5-6-15(8-13(9)19-2)14(18)11-7-10(16)3-4-12(11)17/h3-4,7,9,13,16-17H,5-6,8H2,1-2H3. The zero-order chi connectivity index (χ0) is 14.0. The summed E-state index contributed by atoms with van der Waals surface area (Å²) in [6, 6.07) is 3.96. The summed E-state index contributed by atoms with van der Waals surface area (Å²) in [5.74, 6) is -0.0145. The van der Waals surface area contributed by atoms with Gasteiger partial charge in [-0.25, -0.2) is 0 Å². The number of nitrogens with zero attached hydrogens (tertiary/aromatic N) is 1. The Morgan fingerprint density at radius 3 is 2.84 bits per heavy atom. The summed E-state index contributed by atoms with van der Waals surface area (Å²) in [6.07, 6.45) is 0.876. The summed E-state index contributed by atoms with van der Waals surface area (Å²) in [5.41, 5.74) is 0.129. The van der Waals surface area contributed by atoms with Crippen molar-refractivity contribution >= 4 is 5.91 Å². The molecule has 0 bridgehead atoms. The van der Waals surface area contributed by atoms with Gasteiger partial charge in [0.15, 0.2) is 0 Å². The number of hydrogen-bond acceptors (Lipinski definition) is 4. The van der Waals surface area contributed by atoms with Crippen molar-refractivity contribution in [3.05, 3.63) is 23.8 Å². The third kappa shape index (κ3) is 2.81. The highest BCUT2D eigenvalue weighted by molar-refractivity contribution is 5.97. The smallest absolute Gasteiger partial charge is 0.257 e. The fraction of sp³-hybridized carbons (Fsp3) is 0.500. The lowest BCUT2D eigenvalue weighted by molar-refractivity contribution is -0.00167. The molecule has 2 rings (SSSR count). The van der Waals surface area contributed by atoms with Crippen LogP contribution in [0.3, 0.4) is 0 Å². The van der Waals surface area contributed by atoms with Crippen LogP contribution in [0, 0.1) is 5.92 Å². The van der Waals surface area contributed by atoms with Crippen LogP contribution in [0.5, 0.6) is 11.5 Å². The van der Waals surface area contributed by atoms with Crippen LogP contribution < -0.4 is 0 Å². The third-order valence-corrected chi connectivity index (χ3v) is 3.69. The summed E-state index contributed by atoms with van der Waals surface area (Å²) in [6.45, 7) is 3.24. The van der Waals surface area contributed by atoms with Gasteiger partial charge in [0.25, 0.3) is 5.91 Å². The highest BCUT2D eigenvalue weighted by atomic mass is 16.5. The number of likely N-dealkylation sites (tertiary alicyclic amines) is 1. The van der Waals surface area contributed by atoms with Gasteiger partial charge in [-0.05, 0) is 30.5 Å². The van der Waals surface area contributed by atoms with Crippen LogP contribution in [-0.4, -0.2) is 47.3 Å². The number of aromatic hydroxyl groups is 2. The molecule has 1 aliphatic heterocycles. The van der Waals surface area contributed by atoms with Crippen LogP contribution in [0.1, 0.15) is 23.7 Å². The number of amides is 1. The molecule has 2 N–H and O–H groups in total. The quantitative estimate of drug-likeness (QED) is 0.797. The fourth-order valence-corrected chi connectivity index (χ4v) is 2.39. The van der Waals surface area contributed by atoms with Crippen LogP contribution in [0.15, 0.2) is 18.2 Å². The summed E-state index contributed by atoms with van der Waals surface area (Å²) in [7, 11) is 1.64. The van der Waals surface area contributed by atoms with Gasteiger partial charge in [-0.1, -0.05) is 6.92 Å². The van der Waals surface area contributed by atoms with E-state index in [1.54, 1.807) is 12.0 Å². The normalized spacial score (nSPS) is 23.4. The van der Waals surface area contributed by atoms with Gasteiger partial charge in [-0.3, -0.25) is 4.79 Å². The molecule has 19 heavy (non-hydrogen) atoms. The van der Waals surface area contributed by atoms with Crippen molar-refractivity contribution in [1.29, 1.82) is 0 Å². The van der Waals surface area contributed by atoms with E-state index >= 15 is 0 Å². The van der Waals surface area contributed by atoms with Gasteiger partial charge in [-0.2, -0.15) is 0 Å². The predicted molar refractivity (Wildman–Crippen MR) is 70.3 cm³/mol. The molecular formula is C14H19NO4. The van der Waals surface area contributed by atoms with Crippen molar-refractivity contribution in [1.82, 2.24) is 4.90 Å². The Bertz CT molecular complexity index is 475. The van der Waals surface area contributed by atoms with E-state index in [0.29, 0.717) is 19.0 Å². The Hall–Kier alpha value is -1.75. The van der Waals surface area contributed by atoms with E-state index in [4.69, 9.17) is 4.74 Å². The minimum atomic E-state index is -0.276. The minimum Gasteiger partial charge on any atom is -0.508 e. The van der Waals surface area contributed by atoms with Gasteiger partial charge in [-0.15, -0.1) is 0 Å². The lowest BCUT2D eigenvalue weighted by Crippen LogP contribution is -2.46. The van der Waals surface area contributed by atoms with Crippen molar-refractivity contribution in [3.63, 3.8) is 0 Å². The van der Waals surface area contributed by atoms with Crippen LogP contribution in [0.25, 0.3) is 0 Å². The molecule has 1 heterocycles. The lowest BCUT2D eigenvalue weighted by atomic mass is 9.95. The molecule has 1 saturated heterocycles. The Morgan fingerprint density at radius 1 is 1.42 bits per heavy atom. The number of piperidine rings is 1. The van der Waals surface area contributed by atoms with Crippen LogP contribution >= 0.6 is 0 Å². The highest BCUT2D eigenvalue weighted by Crippen LogP contribution is 2.26. The van der Waals surface area contributed by atoms with E-state index in [0.717, 1.165) is 6.42 Å². The average Bonchev–Trinajstić information content (AvgIpc) is 2.41. The fourth-order valence-electron chi connectivity index (χ4n) is 2.39. The topological polar surface area (TPSA) is 70.0 Å². The van der Waals surface area contributed by atoms with Crippen molar-refractivity contribution in [2.75, 3.05) is 20.2 Å². The zero-order valence-electron chi connectivity index (χ0n) is 11.2. The molecule has 1 aliphatic rings. The summed E-state index contributed by atoms with van der Waals surface area (Å²) < 4.78 is 5.37. The summed E-state index contributed by atoms with van der Waals surface area (Å²) in [5, 5.41) is 19.1. The molecule has 0 spiro atoms. The SMILES string of the molecule is COC1CN(C(=O)c2cc(O)ccc2O)CCC1C. The number of hydrogen-bond donors (Lipinski definition) is 2. The molecule has 2 atom stereocenters. The molecule has 104 valence electrons. The van der Waals surface area contributed by atoms with E-state index in [9.17, 15) is 15.0 Å². The molecule has 0 radical (unpaired) electrons. The number of benzene rings is 1. The summed E-state index contributed by atoms with van der Waals surface area (Å²) in [4.78, 5) is 14.0. The molecule has 0 saturated carbocycles. The molecule has 2 unspecified atom stereocenters. The monoisotopic (exact) mass is 265 g/mol. The molecule has 5 nitrogen and oxygen atoms in total. The second kappa shape index (κ2) is 5.48. The number of carbonyl (C=O) groups excluding carboxylic acids is 1. The Balaban J connectivity index is 2.18. The number of ether oxygens (including phenoxy) is 1. The predicted octanol–water partition coefficient (Wildman–Crippen LogP) is 1.59. The lowest BCUT2D eigenvalue weighted by Gasteiger charge is -2.36. The van der Waals surface area contributed by atoms with Gasteiger partial charge < -0.3 is 19.8 Å². The zero-order valence-corrected chi connectivity index (χ0v) is 11.2. The molecular weight excluding hydrogens is 246 g/mol. The second-order valence-electron chi connectivity index (χ2n) is 4.99. The van der Waals surface area contributed by atoms with Crippen molar-refractivity contribution in [3.8, 4) is 11.5 Å². The van der Waals surface area contributed by atoms with E-state index in [2.05, 4.69) is 6.92 Å². The molecule has 1 fully saturated rings. The van der Waals surface area contributed by atoms with Crippen molar-refractivity contribution < 1.29 is 19.7 Å². The van der Waals surface area contributed by atoms with Gasteiger partial charge >= 0.3 is 0 Å². The minimum absolute atomic E-state index is 0.0113. The number of methoxy groups -OCH3 is 1. The van der Waals surface area contributed by atoms with E-state index in [1.807, 2.05) is 0 Å². The molecule has 1 amide bonds. The van der Waals surface area contributed by atoms with Crippen LogP contribution in [0.2, 0.25) is 0 Å². The summed E-state index contributed by atoms with van der Waals surface area (Å²) >= 11 is 0. The Morgan fingerprint density at radius 2 is 2.16 bits per heavy atom. The van der Waals surface area contributed by atoms with Gasteiger partial charge in [0.1, 0.15) is 11.5 Å². The third-order valence-electron chi connectivity index (χ3n) is 3.69. The van der Waals surface area contributed by atoms with Gasteiger partial charge in [0.2, 0.25) is 0 Å². The highest BCUT2D eigenvalue weighted by Gasteiger charge is 2.30. The molecule has 0 aliphatic carbocycles. The number of rotatable bonds is 2. The maximum atomic E-state index is 12.3. The van der Waals surface area contributed by atoms with Crippen molar-refractivity contribution in [2.45, 2.75) is 19.4 Å². The molecule has 5 heteroatoms. The first-order valence-corrected chi connectivity index (χ1v) is 6.37. The average molecular weight is 265 g/mol. The molecule has 1 aromatic carbocycles. The Kier molecular flexibility index (Phi) is 3.95. The first-order valence-electron chi connectivity index (χ1n) is 6.37. The Labute approximate surface area is 112 Å². The van der Waals surface area contributed by atoms with Gasteiger partial charge in [0.05, 0.1) is 11.7 Å². The largest absolute Gasteiger partial charge is 0.508 e. The number of phenols is 2. The van der Waals surface area contributed by atoms with E-state index in [1.165, 1.54) is 18.2 Å². The maximum absolute atomic E-state index is 12.3. The first kappa shape index (κ1) is 13.7. The van der Waals surface area contributed by atoms with E-state index < -0.39 is 0 Å². The number of phenolic OH excluding ortho intramolecular Hbond substituents is 2. The van der Waals surface area contributed by atoms with Gasteiger partial charge in [0, 0.05) is 20.2 Å². The second-order valence-corrected chi connectivity index (χ2v) is 4.99. The number of carbonyl (C=O) groups is 1. The molecule has 1 aromatic rings. The van der Waals surface area contributed by atoms with Crippen LogP contribution in [0.4, 0.5) is 0 Å². The van der Waals surface area contributed by atoms with Crippen molar-refractivity contribution in [2.24, 2.45) is 5.92 Å². The maximum Gasteiger partial charge on any atom is 0.257 e. The van der Waals surface area contributed by atoms with E-state index in [-0.39, 0.29) is 29.1 Å².